The van der Waals surface area contributed by atoms with Gasteiger partial charge in [0.15, 0.2) is 5.03 Å². The molecule has 0 saturated carbocycles. The largest absolute Gasteiger partial charge is 0.313 e. The predicted molar refractivity (Wildman–Crippen MR) is 82.5 cm³/mol. The van der Waals surface area contributed by atoms with Crippen LogP contribution in [0.3, 0.4) is 0 Å². The summed E-state index contributed by atoms with van der Waals surface area (Å²) in [5.74, 6) is 0.319. The molecular formula is C14H26N4O2S. The van der Waals surface area contributed by atoms with Gasteiger partial charge in [0.25, 0.3) is 10.0 Å². The fourth-order valence-corrected chi connectivity index (χ4v) is 4.94. The smallest absolute Gasteiger partial charge is 0.262 e. The maximum atomic E-state index is 13.0. The number of H-pyrrole nitrogens is 1. The zero-order chi connectivity index (χ0) is 15.6. The molecule has 2 rings (SSSR count). The Hall–Kier alpha value is -0.920. The number of hydrogen-bond donors (Lipinski definition) is 2. The van der Waals surface area contributed by atoms with Crippen molar-refractivity contribution >= 4 is 10.0 Å². The van der Waals surface area contributed by atoms with Gasteiger partial charge in [-0.2, -0.15) is 9.40 Å². The molecular weight excluding hydrogens is 288 g/mol. The van der Waals surface area contributed by atoms with E-state index in [1.807, 2.05) is 13.8 Å². The molecule has 1 saturated heterocycles. The van der Waals surface area contributed by atoms with Crippen molar-refractivity contribution in [2.24, 2.45) is 5.92 Å². The van der Waals surface area contributed by atoms with Gasteiger partial charge < -0.3 is 5.32 Å². The van der Waals surface area contributed by atoms with Crippen molar-refractivity contribution in [3.05, 3.63) is 11.3 Å². The second-order valence-corrected chi connectivity index (χ2v) is 7.79. The Kier molecular flexibility index (Phi) is 5.06. The van der Waals surface area contributed by atoms with Crippen LogP contribution in [0.5, 0.6) is 0 Å². The summed E-state index contributed by atoms with van der Waals surface area (Å²) in [4.78, 5) is 0. The lowest BCUT2D eigenvalue weighted by atomic mass is 10.0. The molecule has 1 aromatic heterocycles. The van der Waals surface area contributed by atoms with Gasteiger partial charge in [-0.3, -0.25) is 5.10 Å². The highest BCUT2D eigenvalue weighted by Crippen LogP contribution is 2.31. The van der Waals surface area contributed by atoms with Gasteiger partial charge in [-0.1, -0.05) is 20.8 Å². The molecule has 0 spiro atoms. The summed E-state index contributed by atoms with van der Waals surface area (Å²) in [6.07, 6.45) is 1.86. The van der Waals surface area contributed by atoms with Crippen LogP contribution in [0.25, 0.3) is 0 Å². The van der Waals surface area contributed by atoms with E-state index >= 15 is 0 Å². The summed E-state index contributed by atoms with van der Waals surface area (Å²) in [6.45, 7) is 9.93. The molecule has 2 N–H and O–H groups in total. The van der Waals surface area contributed by atoms with E-state index in [1.54, 1.807) is 4.31 Å². The lowest BCUT2D eigenvalue weighted by molar-refractivity contribution is 0.314. The van der Waals surface area contributed by atoms with Gasteiger partial charge in [-0.25, -0.2) is 8.42 Å². The molecule has 21 heavy (non-hydrogen) atoms. The standard InChI is InChI=1S/C14H26N4O2S/c1-5-15-9-12-11(4)16-17-14(12)21(19,20)18-8-6-7-13(18)10(2)3/h10,13,15H,5-9H2,1-4H3,(H,16,17). The molecule has 7 heteroatoms. The number of aromatic nitrogens is 2. The molecule has 1 aliphatic rings. The van der Waals surface area contributed by atoms with Gasteiger partial charge in [-0.15, -0.1) is 0 Å². The van der Waals surface area contributed by atoms with E-state index in [2.05, 4.69) is 29.4 Å². The summed E-state index contributed by atoms with van der Waals surface area (Å²) in [5.41, 5.74) is 1.57. The highest BCUT2D eigenvalue weighted by Gasteiger charge is 2.39. The highest BCUT2D eigenvalue weighted by molar-refractivity contribution is 7.89. The number of sulfonamides is 1. The van der Waals surface area contributed by atoms with E-state index in [1.165, 1.54) is 0 Å². The topological polar surface area (TPSA) is 78.1 Å². The van der Waals surface area contributed by atoms with Gasteiger partial charge in [-0.05, 0) is 32.2 Å². The molecule has 0 aromatic carbocycles. The van der Waals surface area contributed by atoms with Crippen molar-refractivity contribution in [3.8, 4) is 0 Å². The first-order valence-electron chi connectivity index (χ1n) is 7.66. The van der Waals surface area contributed by atoms with E-state index in [4.69, 9.17) is 0 Å². The molecule has 0 amide bonds. The molecule has 0 radical (unpaired) electrons. The molecule has 1 unspecified atom stereocenters. The molecule has 1 aromatic rings. The Morgan fingerprint density at radius 2 is 2.19 bits per heavy atom. The Morgan fingerprint density at radius 3 is 2.81 bits per heavy atom. The predicted octanol–water partition coefficient (Wildman–Crippen LogP) is 1.64. The third-order valence-electron chi connectivity index (χ3n) is 4.16. The molecule has 120 valence electrons. The number of rotatable bonds is 6. The maximum absolute atomic E-state index is 13.0. The van der Waals surface area contributed by atoms with Crippen LogP contribution in [0.2, 0.25) is 0 Å². The van der Waals surface area contributed by atoms with E-state index in [9.17, 15) is 8.42 Å². The molecule has 1 atom stereocenters. The van der Waals surface area contributed by atoms with Gasteiger partial charge in [0.05, 0.1) is 0 Å². The molecule has 6 nitrogen and oxygen atoms in total. The van der Waals surface area contributed by atoms with Crippen LogP contribution in [0.4, 0.5) is 0 Å². The third-order valence-corrected chi connectivity index (χ3v) is 6.06. The number of hydrogen-bond acceptors (Lipinski definition) is 4. The van der Waals surface area contributed by atoms with Crippen LogP contribution in [0.15, 0.2) is 5.03 Å². The zero-order valence-electron chi connectivity index (χ0n) is 13.3. The Bertz CT molecular complexity index is 580. The lowest BCUT2D eigenvalue weighted by Crippen LogP contribution is -2.39. The van der Waals surface area contributed by atoms with Crippen LogP contribution in [-0.2, 0) is 16.6 Å². The van der Waals surface area contributed by atoms with Gasteiger partial charge in [0, 0.05) is 30.4 Å². The second-order valence-electron chi connectivity index (χ2n) is 5.98. The Balaban J connectivity index is 2.36. The maximum Gasteiger partial charge on any atom is 0.262 e. The van der Waals surface area contributed by atoms with Gasteiger partial charge >= 0.3 is 0 Å². The van der Waals surface area contributed by atoms with Crippen LogP contribution >= 0.6 is 0 Å². The van der Waals surface area contributed by atoms with Crippen molar-refractivity contribution in [1.29, 1.82) is 0 Å². The zero-order valence-corrected chi connectivity index (χ0v) is 14.1. The summed E-state index contributed by atoms with van der Waals surface area (Å²) in [5, 5.41) is 10.3. The van der Waals surface area contributed by atoms with E-state index in [0.717, 1.165) is 30.6 Å². The minimum Gasteiger partial charge on any atom is -0.313 e. The van der Waals surface area contributed by atoms with Crippen LogP contribution in [-0.4, -0.2) is 42.1 Å². The summed E-state index contributed by atoms with van der Waals surface area (Å²) >= 11 is 0. The van der Waals surface area contributed by atoms with Gasteiger partial charge in [0.2, 0.25) is 0 Å². The van der Waals surface area contributed by atoms with E-state index < -0.39 is 10.0 Å². The van der Waals surface area contributed by atoms with Gasteiger partial charge in [0.1, 0.15) is 0 Å². The molecule has 2 heterocycles. The van der Waals surface area contributed by atoms with Crippen molar-refractivity contribution in [1.82, 2.24) is 19.8 Å². The van der Waals surface area contributed by atoms with Crippen molar-refractivity contribution in [2.75, 3.05) is 13.1 Å². The van der Waals surface area contributed by atoms with E-state index in [0.29, 0.717) is 19.0 Å². The monoisotopic (exact) mass is 314 g/mol. The van der Waals surface area contributed by atoms with Crippen molar-refractivity contribution in [2.45, 2.75) is 58.1 Å². The van der Waals surface area contributed by atoms with Crippen LogP contribution < -0.4 is 5.32 Å². The molecule has 1 aliphatic heterocycles. The SMILES string of the molecule is CCNCc1c(S(=O)(=O)N2CCCC2C(C)C)n[nH]c1C. The quantitative estimate of drug-likeness (QED) is 0.836. The minimum atomic E-state index is -3.52. The fraction of sp³-hybridized carbons (Fsp3) is 0.786. The highest BCUT2D eigenvalue weighted by atomic mass is 32.2. The molecule has 0 bridgehead atoms. The second kappa shape index (κ2) is 6.46. The number of nitrogens with zero attached hydrogens (tertiary/aromatic N) is 2. The fourth-order valence-electron chi connectivity index (χ4n) is 2.94. The molecule has 1 fully saturated rings. The number of aryl methyl sites for hydroxylation is 1. The first-order valence-corrected chi connectivity index (χ1v) is 9.10. The van der Waals surface area contributed by atoms with Crippen molar-refractivity contribution < 1.29 is 8.42 Å². The summed E-state index contributed by atoms with van der Waals surface area (Å²) in [6, 6.07) is 0.0824. The first-order chi connectivity index (χ1) is 9.89. The Morgan fingerprint density at radius 1 is 1.48 bits per heavy atom. The average molecular weight is 314 g/mol. The van der Waals surface area contributed by atoms with E-state index in [-0.39, 0.29) is 11.1 Å². The van der Waals surface area contributed by atoms with Crippen LogP contribution in [0.1, 0.15) is 44.9 Å². The van der Waals surface area contributed by atoms with Crippen molar-refractivity contribution in [3.63, 3.8) is 0 Å². The summed E-state index contributed by atoms with van der Waals surface area (Å²) in [7, 11) is -3.52. The number of nitrogens with one attached hydrogen (secondary N) is 2. The average Bonchev–Trinajstić information content (AvgIpc) is 3.03. The Labute approximate surface area is 127 Å². The lowest BCUT2D eigenvalue weighted by Gasteiger charge is -2.26. The first kappa shape index (κ1) is 16.5. The van der Waals surface area contributed by atoms with Crippen LogP contribution in [0, 0.1) is 12.8 Å². The third kappa shape index (κ3) is 3.14. The number of aromatic amines is 1. The summed E-state index contributed by atoms with van der Waals surface area (Å²) < 4.78 is 27.6. The minimum absolute atomic E-state index is 0.0824. The molecule has 0 aliphatic carbocycles. The normalized spacial score (nSPS) is 20.5.